The van der Waals surface area contributed by atoms with E-state index in [0.29, 0.717) is 6.42 Å². The molecule has 0 radical (unpaired) electrons. The number of aliphatic carboxylic acids is 1. The van der Waals surface area contributed by atoms with Gasteiger partial charge in [-0.05, 0) is 30.4 Å². The van der Waals surface area contributed by atoms with Gasteiger partial charge in [-0.2, -0.15) is 0 Å². The Labute approximate surface area is 110 Å². The van der Waals surface area contributed by atoms with Crippen LogP contribution in [-0.4, -0.2) is 11.1 Å². The summed E-state index contributed by atoms with van der Waals surface area (Å²) in [7, 11) is 0. The predicted octanol–water partition coefficient (Wildman–Crippen LogP) is 4.22. The Morgan fingerprint density at radius 3 is 2.06 bits per heavy atom. The Morgan fingerprint density at radius 1 is 0.944 bits per heavy atom. The zero-order valence-corrected chi connectivity index (χ0v) is 11.3. The van der Waals surface area contributed by atoms with Crippen LogP contribution in [0, 0.1) is 0 Å². The third kappa shape index (κ3) is 6.43. The molecular weight excluding hydrogens is 224 g/mol. The second-order valence-electron chi connectivity index (χ2n) is 4.87. The van der Waals surface area contributed by atoms with E-state index >= 15 is 0 Å². The largest absolute Gasteiger partial charge is 0.481 e. The first-order chi connectivity index (χ1) is 8.72. The van der Waals surface area contributed by atoms with Gasteiger partial charge in [0.1, 0.15) is 0 Å². The number of rotatable bonds is 9. The molecule has 0 aromatic heterocycles. The van der Waals surface area contributed by atoms with E-state index in [0.717, 1.165) is 12.0 Å². The number of benzene rings is 1. The van der Waals surface area contributed by atoms with Crippen molar-refractivity contribution in [3.8, 4) is 0 Å². The number of hydrogen-bond acceptors (Lipinski definition) is 1. The van der Waals surface area contributed by atoms with Crippen molar-refractivity contribution in [2.45, 2.75) is 58.3 Å². The van der Waals surface area contributed by atoms with E-state index in [1.165, 1.54) is 37.7 Å². The fourth-order valence-corrected chi connectivity index (χ4v) is 2.06. The molecule has 0 aliphatic rings. The number of carboxylic acids is 1. The standard InChI is InChI=1S/C16H24O2/c1-2-3-4-5-6-7-14-8-10-15(11-9-14)12-13-16(17)18/h8-11H,2-7,12-13H2,1H3,(H,17,18). The van der Waals surface area contributed by atoms with Crippen molar-refractivity contribution in [3.05, 3.63) is 35.4 Å². The van der Waals surface area contributed by atoms with Gasteiger partial charge in [-0.1, -0.05) is 56.9 Å². The van der Waals surface area contributed by atoms with E-state index < -0.39 is 5.97 Å². The minimum Gasteiger partial charge on any atom is -0.481 e. The lowest BCUT2D eigenvalue weighted by Gasteiger charge is -2.03. The van der Waals surface area contributed by atoms with Crippen molar-refractivity contribution in [3.63, 3.8) is 0 Å². The van der Waals surface area contributed by atoms with E-state index in [1.54, 1.807) is 0 Å². The monoisotopic (exact) mass is 248 g/mol. The summed E-state index contributed by atoms with van der Waals surface area (Å²) in [5.74, 6) is -0.727. The molecule has 0 saturated heterocycles. The average molecular weight is 248 g/mol. The normalized spacial score (nSPS) is 10.5. The van der Waals surface area contributed by atoms with Crippen LogP contribution in [0.25, 0.3) is 0 Å². The van der Waals surface area contributed by atoms with Crippen molar-refractivity contribution < 1.29 is 9.90 Å². The zero-order valence-electron chi connectivity index (χ0n) is 11.3. The van der Waals surface area contributed by atoms with Crippen LogP contribution in [0.3, 0.4) is 0 Å². The third-order valence-electron chi connectivity index (χ3n) is 3.22. The van der Waals surface area contributed by atoms with Crippen LogP contribution in [0.4, 0.5) is 0 Å². The van der Waals surface area contributed by atoms with Crippen molar-refractivity contribution in [1.82, 2.24) is 0 Å². The first-order valence-electron chi connectivity index (χ1n) is 7.02. The Balaban J connectivity index is 2.25. The molecule has 0 amide bonds. The minimum absolute atomic E-state index is 0.219. The molecule has 2 heteroatoms. The van der Waals surface area contributed by atoms with Crippen LogP contribution in [0.5, 0.6) is 0 Å². The molecule has 0 spiro atoms. The highest BCUT2D eigenvalue weighted by Gasteiger charge is 1.99. The van der Waals surface area contributed by atoms with E-state index in [9.17, 15) is 4.79 Å². The number of unbranched alkanes of at least 4 members (excludes halogenated alkanes) is 4. The summed E-state index contributed by atoms with van der Waals surface area (Å²) in [6, 6.07) is 8.39. The molecular formula is C16H24O2. The number of aryl methyl sites for hydroxylation is 2. The van der Waals surface area contributed by atoms with Crippen LogP contribution in [0.2, 0.25) is 0 Å². The topological polar surface area (TPSA) is 37.3 Å². The molecule has 0 heterocycles. The molecule has 0 bridgehead atoms. The number of carbonyl (C=O) groups is 1. The van der Waals surface area contributed by atoms with Gasteiger partial charge in [-0.15, -0.1) is 0 Å². The van der Waals surface area contributed by atoms with Gasteiger partial charge in [-0.3, -0.25) is 4.79 Å². The number of hydrogen-bond donors (Lipinski definition) is 1. The summed E-state index contributed by atoms with van der Waals surface area (Å²) in [6.45, 7) is 2.23. The van der Waals surface area contributed by atoms with Crippen molar-refractivity contribution in [2.75, 3.05) is 0 Å². The molecule has 0 aliphatic heterocycles. The highest BCUT2D eigenvalue weighted by atomic mass is 16.4. The molecule has 0 atom stereocenters. The summed E-state index contributed by atoms with van der Waals surface area (Å²) in [4.78, 5) is 10.5. The summed E-state index contributed by atoms with van der Waals surface area (Å²) in [5.41, 5.74) is 2.48. The van der Waals surface area contributed by atoms with Crippen molar-refractivity contribution >= 4 is 5.97 Å². The van der Waals surface area contributed by atoms with E-state index in [-0.39, 0.29) is 6.42 Å². The molecule has 0 unspecified atom stereocenters. The van der Waals surface area contributed by atoms with E-state index in [1.807, 2.05) is 0 Å². The fourth-order valence-electron chi connectivity index (χ4n) is 2.06. The van der Waals surface area contributed by atoms with Crippen LogP contribution < -0.4 is 0 Å². The van der Waals surface area contributed by atoms with Crippen LogP contribution in [-0.2, 0) is 17.6 Å². The van der Waals surface area contributed by atoms with Gasteiger partial charge >= 0.3 is 5.97 Å². The van der Waals surface area contributed by atoms with Gasteiger partial charge in [0.25, 0.3) is 0 Å². The highest BCUT2D eigenvalue weighted by Crippen LogP contribution is 2.11. The Bertz CT molecular complexity index is 341. The SMILES string of the molecule is CCCCCCCc1ccc(CCC(=O)O)cc1. The summed E-state index contributed by atoms with van der Waals surface area (Å²) >= 11 is 0. The highest BCUT2D eigenvalue weighted by molar-refractivity contribution is 5.67. The number of carboxylic acid groups (broad SMARTS) is 1. The van der Waals surface area contributed by atoms with Crippen LogP contribution >= 0.6 is 0 Å². The Kier molecular flexibility index (Phi) is 7.16. The van der Waals surface area contributed by atoms with Gasteiger partial charge < -0.3 is 5.11 Å². The first kappa shape index (κ1) is 14.7. The van der Waals surface area contributed by atoms with Gasteiger partial charge in [-0.25, -0.2) is 0 Å². The quantitative estimate of drug-likeness (QED) is 0.664. The Morgan fingerprint density at radius 2 is 1.50 bits per heavy atom. The van der Waals surface area contributed by atoms with E-state index in [2.05, 4.69) is 31.2 Å². The molecule has 1 N–H and O–H groups in total. The first-order valence-corrected chi connectivity index (χ1v) is 7.02. The molecule has 0 saturated carbocycles. The molecule has 18 heavy (non-hydrogen) atoms. The summed E-state index contributed by atoms with van der Waals surface area (Å²) in [6.07, 6.45) is 8.54. The average Bonchev–Trinajstić information content (AvgIpc) is 2.37. The van der Waals surface area contributed by atoms with Gasteiger partial charge in [0.2, 0.25) is 0 Å². The zero-order chi connectivity index (χ0) is 13.2. The molecule has 0 fully saturated rings. The lowest BCUT2D eigenvalue weighted by molar-refractivity contribution is -0.136. The molecule has 1 rings (SSSR count). The molecule has 100 valence electrons. The van der Waals surface area contributed by atoms with Gasteiger partial charge in [0.15, 0.2) is 0 Å². The lowest BCUT2D eigenvalue weighted by Crippen LogP contribution is -1.97. The van der Waals surface area contributed by atoms with Crippen LogP contribution in [0.1, 0.15) is 56.6 Å². The van der Waals surface area contributed by atoms with Gasteiger partial charge in [0, 0.05) is 6.42 Å². The van der Waals surface area contributed by atoms with Crippen LogP contribution in [0.15, 0.2) is 24.3 Å². The summed E-state index contributed by atoms with van der Waals surface area (Å²) in [5, 5.41) is 8.62. The molecule has 2 nitrogen and oxygen atoms in total. The predicted molar refractivity (Wildman–Crippen MR) is 74.9 cm³/mol. The van der Waals surface area contributed by atoms with Gasteiger partial charge in [0.05, 0.1) is 0 Å². The van der Waals surface area contributed by atoms with E-state index in [4.69, 9.17) is 5.11 Å². The van der Waals surface area contributed by atoms with Crippen molar-refractivity contribution in [1.29, 1.82) is 0 Å². The third-order valence-corrected chi connectivity index (χ3v) is 3.22. The second-order valence-corrected chi connectivity index (χ2v) is 4.87. The fraction of sp³-hybridized carbons (Fsp3) is 0.562. The molecule has 1 aromatic carbocycles. The smallest absolute Gasteiger partial charge is 0.303 e. The molecule has 0 aliphatic carbocycles. The molecule has 1 aromatic rings. The maximum absolute atomic E-state index is 10.5. The maximum Gasteiger partial charge on any atom is 0.303 e. The van der Waals surface area contributed by atoms with Crippen molar-refractivity contribution in [2.24, 2.45) is 0 Å². The Hall–Kier alpha value is -1.31. The second kappa shape index (κ2) is 8.73. The lowest BCUT2D eigenvalue weighted by atomic mass is 10.0. The minimum atomic E-state index is -0.727. The summed E-state index contributed by atoms with van der Waals surface area (Å²) < 4.78 is 0. The maximum atomic E-state index is 10.5.